The van der Waals surface area contributed by atoms with E-state index in [1.165, 1.54) is 4.90 Å². The molecule has 0 aliphatic heterocycles. The maximum atomic E-state index is 13.6. The Morgan fingerprint density at radius 1 is 1.03 bits per heavy atom. The van der Waals surface area contributed by atoms with Crippen molar-refractivity contribution in [1.82, 2.24) is 10.2 Å². The Labute approximate surface area is 205 Å². The summed E-state index contributed by atoms with van der Waals surface area (Å²) < 4.78 is 26.8. The highest BCUT2D eigenvalue weighted by atomic mass is 79.9. The highest BCUT2D eigenvalue weighted by Crippen LogP contribution is 2.28. The SMILES string of the molecule is CC[C@@H](C(=O)NC(C)(C)C)N(Cc1ccccc1)C(=O)CN(c1ccccc1Br)S(C)(=O)=O. The molecule has 0 bridgehead atoms. The molecule has 9 heteroatoms. The van der Waals surface area contributed by atoms with E-state index in [0.29, 0.717) is 16.6 Å². The fourth-order valence-electron chi connectivity index (χ4n) is 3.40. The van der Waals surface area contributed by atoms with Gasteiger partial charge in [-0.1, -0.05) is 49.4 Å². The number of para-hydroxylation sites is 1. The Morgan fingerprint density at radius 3 is 2.12 bits per heavy atom. The second-order valence-electron chi connectivity index (χ2n) is 8.89. The molecular weight excluding hydrogens is 506 g/mol. The summed E-state index contributed by atoms with van der Waals surface area (Å²) in [4.78, 5) is 28.1. The number of halogens is 1. The number of hydrogen-bond donors (Lipinski definition) is 1. The molecule has 2 rings (SSSR count). The van der Waals surface area contributed by atoms with Crippen LogP contribution in [-0.4, -0.2) is 49.5 Å². The van der Waals surface area contributed by atoms with Crippen LogP contribution in [0.1, 0.15) is 39.7 Å². The Kier molecular flexibility index (Phi) is 9.08. The number of sulfonamides is 1. The minimum Gasteiger partial charge on any atom is -0.350 e. The highest BCUT2D eigenvalue weighted by Gasteiger charge is 2.33. The third kappa shape index (κ3) is 7.85. The first-order valence-corrected chi connectivity index (χ1v) is 13.3. The van der Waals surface area contributed by atoms with Crippen molar-refractivity contribution in [2.24, 2.45) is 0 Å². The van der Waals surface area contributed by atoms with Gasteiger partial charge in [0.25, 0.3) is 0 Å². The normalized spacial score (nSPS) is 12.7. The molecule has 0 unspecified atom stereocenters. The number of rotatable bonds is 9. The number of anilines is 1. The highest BCUT2D eigenvalue weighted by molar-refractivity contribution is 9.10. The van der Waals surface area contributed by atoms with Gasteiger partial charge in [0.15, 0.2) is 0 Å². The van der Waals surface area contributed by atoms with E-state index < -0.39 is 34.1 Å². The molecule has 1 atom stereocenters. The first kappa shape index (κ1) is 26.9. The predicted molar refractivity (Wildman–Crippen MR) is 135 cm³/mol. The summed E-state index contributed by atoms with van der Waals surface area (Å²) in [5, 5.41) is 2.94. The first-order valence-electron chi connectivity index (χ1n) is 10.7. The van der Waals surface area contributed by atoms with Crippen molar-refractivity contribution in [3.8, 4) is 0 Å². The van der Waals surface area contributed by atoms with E-state index >= 15 is 0 Å². The summed E-state index contributed by atoms with van der Waals surface area (Å²) in [6.45, 7) is 7.22. The number of nitrogens with one attached hydrogen (secondary N) is 1. The van der Waals surface area contributed by atoms with E-state index in [-0.39, 0.29) is 12.5 Å². The molecule has 0 fully saturated rings. The van der Waals surface area contributed by atoms with Gasteiger partial charge in [-0.25, -0.2) is 8.42 Å². The molecule has 1 N–H and O–H groups in total. The van der Waals surface area contributed by atoms with Crippen molar-refractivity contribution < 1.29 is 18.0 Å². The van der Waals surface area contributed by atoms with Crippen molar-refractivity contribution in [2.75, 3.05) is 17.1 Å². The largest absolute Gasteiger partial charge is 0.350 e. The third-order valence-electron chi connectivity index (χ3n) is 4.88. The fourth-order valence-corrected chi connectivity index (χ4v) is 4.88. The molecule has 2 amide bonds. The number of nitrogens with zero attached hydrogens (tertiary/aromatic N) is 2. The van der Waals surface area contributed by atoms with E-state index in [4.69, 9.17) is 0 Å². The molecule has 0 spiro atoms. The van der Waals surface area contributed by atoms with Gasteiger partial charge in [0.1, 0.15) is 12.6 Å². The smallest absolute Gasteiger partial charge is 0.244 e. The van der Waals surface area contributed by atoms with Crippen LogP contribution in [0.5, 0.6) is 0 Å². The van der Waals surface area contributed by atoms with Gasteiger partial charge in [-0.3, -0.25) is 13.9 Å². The van der Waals surface area contributed by atoms with Crippen molar-refractivity contribution in [1.29, 1.82) is 0 Å². The van der Waals surface area contributed by atoms with Crippen molar-refractivity contribution in [2.45, 2.75) is 52.2 Å². The van der Waals surface area contributed by atoms with Gasteiger partial charge >= 0.3 is 0 Å². The zero-order valence-corrected chi connectivity index (χ0v) is 22.1. The molecule has 33 heavy (non-hydrogen) atoms. The monoisotopic (exact) mass is 537 g/mol. The lowest BCUT2D eigenvalue weighted by atomic mass is 10.1. The lowest BCUT2D eigenvalue weighted by Crippen LogP contribution is -2.55. The molecule has 0 radical (unpaired) electrons. The Balaban J connectivity index is 2.44. The van der Waals surface area contributed by atoms with Crippen LogP contribution in [0.15, 0.2) is 59.1 Å². The van der Waals surface area contributed by atoms with Crippen LogP contribution < -0.4 is 9.62 Å². The standard InChI is InChI=1S/C24H32BrN3O4S/c1-6-20(23(30)26-24(2,3)4)27(16-18-12-8-7-9-13-18)22(29)17-28(33(5,31)32)21-15-11-10-14-19(21)25/h7-15,20H,6,16-17H2,1-5H3,(H,26,30)/t20-/m0/s1. The summed E-state index contributed by atoms with van der Waals surface area (Å²) in [5.74, 6) is -0.739. The summed E-state index contributed by atoms with van der Waals surface area (Å²) in [6.07, 6.45) is 1.44. The van der Waals surface area contributed by atoms with Gasteiger partial charge in [0, 0.05) is 16.6 Å². The van der Waals surface area contributed by atoms with Crippen LogP contribution in [-0.2, 0) is 26.2 Å². The van der Waals surface area contributed by atoms with E-state index in [9.17, 15) is 18.0 Å². The molecule has 0 saturated carbocycles. The Hall–Kier alpha value is -2.39. The van der Waals surface area contributed by atoms with Gasteiger partial charge in [-0.15, -0.1) is 0 Å². The summed E-state index contributed by atoms with van der Waals surface area (Å²) in [6, 6.07) is 15.4. The summed E-state index contributed by atoms with van der Waals surface area (Å²) in [7, 11) is -3.77. The number of carbonyl (C=O) groups is 2. The Bertz CT molecular complexity index is 1070. The zero-order chi connectivity index (χ0) is 24.8. The Morgan fingerprint density at radius 2 is 1.61 bits per heavy atom. The van der Waals surface area contributed by atoms with Crippen LogP contribution in [0.4, 0.5) is 5.69 Å². The van der Waals surface area contributed by atoms with Crippen LogP contribution in [0.2, 0.25) is 0 Å². The number of carbonyl (C=O) groups excluding carboxylic acids is 2. The molecule has 7 nitrogen and oxygen atoms in total. The van der Waals surface area contributed by atoms with E-state index in [1.807, 2.05) is 58.0 Å². The first-order chi connectivity index (χ1) is 15.3. The average molecular weight is 539 g/mol. The summed E-state index contributed by atoms with van der Waals surface area (Å²) in [5.41, 5.74) is 0.736. The topological polar surface area (TPSA) is 86.8 Å². The second kappa shape index (κ2) is 11.2. The average Bonchev–Trinajstić information content (AvgIpc) is 2.71. The molecular formula is C24H32BrN3O4S. The summed E-state index contributed by atoms with van der Waals surface area (Å²) >= 11 is 3.37. The van der Waals surface area contributed by atoms with E-state index in [0.717, 1.165) is 16.1 Å². The molecule has 2 aromatic carbocycles. The molecule has 0 aromatic heterocycles. The van der Waals surface area contributed by atoms with E-state index in [2.05, 4.69) is 21.2 Å². The predicted octanol–water partition coefficient (Wildman–Crippen LogP) is 3.94. The van der Waals surface area contributed by atoms with Gasteiger partial charge in [-0.05, 0) is 60.8 Å². The molecule has 0 aliphatic carbocycles. The van der Waals surface area contributed by atoms with Gasteiger partial charge < -0.3 is 10.2 Å². The fraction of sp³-hybridized carbons (Fsp3) is 0.417. The van der Waals surface area contributed by atoms with Crippen molar-refractivity contribution >= 4 is 43.5 Å². The maximum Gasteiger partial charge on any atom is 0.244 e. The van der Waals surface area contributed by atoms with Crippen molar-refractivity contribution in [3.05, 3.63) is 64.6 Å². The van der Waals surface area contributed by atoms with E-state index in [1.54, 1.807) is 24.3 Å². The van der Waals surface area contributed by atoms with Crippen LogP contribution in [0, 0.1) is 0 Å². The lowest BCUT2D eigenvalue weighted by molar-refractivity contribution is -0.141. The number of benzene rings is 2. The minimum absolute atomic E-state index is 0.184. The third-order valence-corrected chi connectivity index (χ3v) is 6.68. The number of amides is 2. The van der Waals surface area contributed by atoms with Crippen LogP contribution >= 0.6 is 15.9 Å². The molecule has 2 aromatic rings. The lowest BCUT2D eigenvalue weighted by Gasteiger charge is -2.34. The molecule has 180 valence electrons. The molecule has 0 aliphatic rings. The molecule has 0 heterocycles. The van der Waals surface area contributed by atoms with Crippen LogP contribution in [0.25, 0.3) is 0 Å². The van der Waals surface area contributed by atoms with Gasteiger partial charge in [-0.2, -0.15) is 0 Å². The van der Waals surface area contributed by atoms with Gasteiger partial charge in [0.2, 0.25) is 21.8 Å². The van der Waals surface area contributed by atoms with Gasteiger partial charge in [0.05, 0.1) is 11.9 Å². The number of hydrogen-bond acceptors (Lipinski definition) is 4. The quantitative estimate of drug-likeness (QED) is 0.524. The maximum absolute atomic E-state index is 13.6. The zero-order valence-electron chi connectivity index (χ0n) is 19.7. The minimum atomic E-state index is -3.77. The molecule has 0 saturated heterocycles. The van der Waals surface area contributed by atoms with Crippen molar-refractivity contribution in [3.63, 3.8) is 0 Å². The van der Waals surface area contributed by atoms with Crippen LogP contribution in [0.3, 0.4) is 0 Å². The second-order valence-corrected chi connectivity index (χ2v) is 11.7.